The fourth-order valence-electron chi connectivity index (χ4n) is 4.22. The van der Waals surface area contributed by atoms with Crippen LogP contribution in [0.15, 0.2) is 54.6 Å². The lowest BCUT2D eigenvalue weighted by molar-refractivity contribution is -0.116. The first kappa shape index (κ1) is 15.4. The van der Waals surface area contributed by atoms with Gasteiger partial charge in [0.15, 0.2) is 0 Å². The van der Waals surface area contributed by atoms with Crippen LogP contribution in [0, 0.1) is 0 Å². The van der Waals surface area contributed by atoms with Gasteiger partial charge in [0, 0.05) is 29.9 Å². The summed E-state index contributed by atoms with van der Waals surface area (Å²) in [4.78, 5) is 20.0. The van der Waals surface area contributed by atoms with E-state index in [1.165, 1.54) is 30.3 Å². The molecule has 0 spiro atoms. The predicted octanol–water partition coefficient (Wildman–Crippen LogP) is 4.31. The van der Waals surface area contributed by atoms with Crippen molar-refractivity contribution in [2.24, 2.45) is 0 Å². The van der Waals surface area contributed by atoms with Crippen molar-refractivity contribution in [1.29, 1.82) is 0 Å². The Bertz CT molecular complexity index is 992. The average Bonchev–Trinajstić information content (AvgIpc) is 3.03. The van der Waals surface area contributed by atoms with Crippen molar-refractivity contribution in [1.82, 2.24) is 4.98 Å². The number of nitrogens with one attached hydrogen (secondary N) is 1. The second-order valence-corrected chi connectivity index (χ2v) is 7.14. The monoisotopic (exact) mass is 343 g/mol. The van der Waals surface area contributed by atoms with Crippen LogP contribution in [-0.4, -0.2) is 24.0 Å². The molecule has 0 aliphatic carbocycles. The SMILES string of the molecule is O=C1Nc2ccccc2C1c1cc(N2CCCCC2)c2ccccc2n1. The molecule has 1 saturated heterocycles. The minimum absolute atomic E-state index is 0.0126. The molecular weight excluding hydrogens is 322 g/mol. The highest BCUT2D eigenvalue weighted by Crippen LogP contribution is 2.39. The highest BCUT2D eigenvalue weighted by atomic mass is 16.2. The molecule has 26 heavy (non-hydrogen) atoms. The summed E-state index contributed by atoms with van der Waals surface area (Å²) in [6.45, 7) is 2.14. The van der Waals surface area contributed by atoms with Crippen LogP contribution in [0.1, 0.15) is 36.4 Å². The quantitative estimate of drug-likeness (QED) is 0.754. The fraction of sp³-hybridized carbons (Fsp3) is 0.273. The molecule has 1 fully saturated rings. The first-order chi connectivity index (χ1) is 12.8. The maximum absolute atomic E-state index is 12.7. The minimum atomic E-state index is -0.334. The van der Waals surface area contributed by atoms with E-state index in [0.717, 1.165) is 35.6 Å². The van der Waals surface area contributed by atoms with Gasteiger partial charge in [0.1, 0.15) is 5.92 Å². The number of amides is 1. The predicted molar refractivity (Wildman–Crippen MR) is 105 cm³/mol. The van der Waals surface area contributed by atoms with Crippen LogP contribution >= 0.6 is 0 Å². The van der Waals surface area contributed by atoms with Gasteiger partial charge in [-0.15, -0.1) is 0 Å². The molecule has 0 bridgehead atoms. The number of hydrogen-bond donors (Lipinski definition) is 1. The van der Waals surface area contributed by atoms with Crippen LogP contribution in [0.2, 0.25) is 0 Å². The Morgan fingerprint density at radius 2 is 1.73 bits per heavy atom. The molecule has 1 N–H and O–H groups in total. The van der Waals surface area contributed by atoms with Crippen molar-refractivity contribution in [2.45, 2.75) is 25.2 Å². The van der Waals surface area contributed by atoms with E-state index in [2.05, 4.69) is 28.4 Å². The molecule has 1 unspecified atom stereocenters. The van der Waals surface area contributed by atoms with Gasteiger partial charge in [-0.3, -0.25) is 9.78 Å². The second-order valence-electron chi connectivity index (χ2n) is 7.14. The van der Waals surface area contributed by atoms with E-state index in [4.69, 9.17) is 4.98 Å². The summed E-state index contributed by atoms with van der Waals surface area (Å²) in [5.41, 5.74) is 4.93. The van der Waals surface area contributed by atoms with Crippen LogP contribution in [0.5, 0.6) is 0 Å². The normalized spacial score (nSPS) is 19.5. The van der Waals surface area contributed by atoms with E-state index in [0.29, 0.717) is 0 Å². The summed E-state index contributed by atoms with van der Waals surface area (Å²) in [6.07, 6.45) is 3.74. The number of rotatable bonds is 2. The van der Waals surface area contributed by atoms with Gasteiger partial charge in [0.2, 0.25) is 5.91 Å². The zero-order valence-corrected chi connectivity index (χ0v) is 14.6. The molecule has 0 radical (unpaired) electrons. The Kier molecular flexibility index (Phi) is 3.63. The molecule has 1 atom stereocenters. The van der Waals surface area contributed by atoms with Gasteiger partial charge in [-0.05, 0) is 43.0 Å². The molecular formula is C22H21N3O. The first-order valence-electron chi connectivity index (χ1n) is 9.36. The Balaban J connectivity index is 1.68. The maximum Gasteiger partial charge on any atom is 0.238 e. The lowest BCUT2D eigenvalue weighted by atomic mass is 9.95. The van der Waals surface area contributed by atoms with Crippen molar-refractivity contribution < 1.29 is 4.79 Å². The van der Waals surface area contributed by atoms with Gasteiger partial charge in [-0.2, -0.15) is 0 Å². The number of pyridine rings is 1. The molecule has 130 valence electrons. The molecule has 5 rings (SSSR count). The summed E-state index contributed by atoms with van der Waals surface area (Å²) >= 11 is 0. The van der Waals surface area contributed by atoms with Crippen LogP contribution in [0.4, 0.5) is 11.4 Å². The fourth-order valence-corrected chi connectivity index (χ4v) is 4.22. The maximum atomic E-state index is 12.7. The molecule has 3 aromatic rings. The van der Waals surface area contributed by atoms with Crippen molar-refractivity contribution in [3.05, 3.63) is 65.9 Å². The Morgan fingerprint density at radius 3 is 2.62 bits per heavy atom. The van der Waals surface area contributed by atoms with Crippen molar-refractivity contribution in [3.8, 4) is 0 Å². The third kappa shape index (κ3) is 2.45. The molecule has 0 saturated carbocycles. The average molecular weight is 343 g/mol. The zero-order chi connectivity index (χ0) is 17.5. The number of hydrogen-bond acceptors (Lipinski definition) is 3. The summed E-state index contributed by atoms with van der Waals surface area (Å²) < 4.78 is 0. The number of piperidine rings is 1. The molecule has 1 amide bonds. The second kappa shape index (κ2) is 6.13. The molecule has 4 nitrogen and oxygen atoms in total. The van der Waals surface area contributed by atoms with Crippen LogP contribution in [-0.2, 0) is 4.79 Å². The number of carbonyl (C=O) groups excluding carboxylic acids is 1. The van der Waals surface area contributed by atoms with Gasteiger partial charge in [-0.1, -0.05) is 36.4 Å². The lowest BCUT2D eigenvalue weighted by Crippen LogP contribution is -2.30. The number of fused-ring (bicyclic) bond motifs is 2. The highest BCUT2D eigenvalue weighted by molar-refractivity contribution is 6.05. The standard InChI is InChI=1S/C22H21N3O/c26-22-21(16-9-3-5-11-18(16)24-22)19-14-20(25-12-6-1-7-13-25)15-8-2-4-10-17(15)23-19/h2-5,8-11,14,21H,1,6-7,12-13H2,(H,24,26). The summed E-state index contributed by atoms with van der Waals surface area (Å²) in [5, 5.41) is 4.17. The van der Waals surface area contributed by atoms with Crippen molar-refractivity contribution in [2.75, 3.05) is 23.3 Å². The Morgan fingerprint density at radius 1 is 0.962 bits per heavy atom. The van der Waals surface area contributed by atoms with E-state index in [1.54, 1.807) is 0 Å². The van der Waals surface area contributed by atoms with Gasteiger partial charge in [0.05, 0.1) is 11.2 Å². The van der Waals surface area contributed by atoms with Crippen molar-refractivity contribution in [3.63, 3.8) is 0 Å². The van der Waals surface area contributed by atoms with E-state index in [9.17, 15) is 4.79 Å². The van der Waals surface area contributed by atoms with Crippen LogP contribution in [0.25, 0.3) is 10.9 Å². The van der Waals surface area contributed by atoms with Gasteiger partial charge in [-0.25, -0.2) is 0 Å². The number of para-hydroxylation sites is 2. The third-order valence-corrected chi connectivity index (χ3v) is 5.50. The minimum Gasteiger partial charge on any atom is -0.371 e. The summed E-state index contributed by atoms with van der Waals surface area (Å²) in [6, 6.07) is 18.3. The molecule has 1 aromatic heterocycles. The highest BCUT2D eigenvalue weighted by Gasteiger charge is 2.33. The molecule has 3 heterocycles. The van der Waals surface area contributed by atoms with Crippen LogP contribution < -0.4 is 10.2 Å². The van der Waals surface area contributed by atoms with E-state index >= 15 is 0 Å². The van der Waals surface area contributed by atoms with Gasteiger partial charge in [0.25, 0.3) is 0 Å². The number of anilines is 2. The first-order valence-corrected chi connectivity index (χ1v) is 9.36. The lowest BCUT2D eigenvalue weighted by Gasteiger charge is -2.30. The molecule has 2 aliphatic heterocycles. The van der Waals surface area contributed by atoms with Gasteiger partial charge >= 0.3 is 0 Å². The topological polar surface area (TPSA) is 45.2 Å². The summed E-state index contributed by atoms with van der Waals surface area (Å²) in [5.74, 6) is -0.321. The third-order valence-electron chi connectivity index (χ3n) is 5.50. The Labute approximate surface area is 152 Å². The number of nitrogens with zero attached hydrogens (tertiary/aromatic N) is 2. The largest absolute Gasteiger partial charge is 0.371 e. The Hall–Kier alpha value is -2.88. The summed E-state index contributed by atoms with van der Waals surface area (Å²) in [7, 11) is 0. The van der Waals surface area contributed by atoms with E-state index < -0.39 is 0 Å². The number of benzene rings is 2. The number of carbonyl (C=O) groups is 1. The van der Waals surface area contributed by atoms with E-state index in [-0.39, 0.29) is 11.8 Å². The molecule has 2 aliphatic rings. The van der Waals surface area contributed by atoms with E-state index in [1.807, 2.05) is 36.4 Å². The number of aromatic nitrogens is 1. The smallest absolute Gasteiger partial charge is 0.238 e. The molecule has 4 heteroatoms. The zero-order valence-electron chi connectivity index (χ0n) is 14.6. The van der Waals surface area contributed by atoms with Crippen molar-refractivity contribution >= 4 is 28.2 Å². The van der Waals surface area contributed by atoms with Crippen LogP contribution in [0.3, 0.4) is 0 Å². The molecule has 2 aromatic carbocycles. The van der Waals surface area contributed by atoms with Gasteiger partial charge < -0.3 is 10.2 Å².